The van der Waals surface area contributed by atoms with Gasteiger partial charge in [0.05, 0.1) is 5.69 Å². The molecule has 0 spiro atoms. The number of para-hydroxylation sites is 2. The average Bonchev–Trinajstić information content (AvgIpc) is 2.24. The van der Waals surface area contributed by atoms with Crippen LogP contribution in [0.3, 0.4) is 0 Å². The molecule has 0 aromatic heterocycles. The maximum Gasteiger partial charge on any atom is 0.389 e. The third-order valence-electron chi connectivity index (χ3n) is 2.06. The minimum atomic E-state index is -4.21. The number of anilines is 1. The van der Waals surface area contributed by atoms with Crippen LogP contribution in [0.4, 0.5) is 27.6 Å². The second-order valence-electron chi connectivity index (χ2n) is 3.52. The molecule has 0 aliphatic carbocycles. The third-order valence-corrected chi connectivity index (χ3v) is 2.06. The lowest BCUT2D eigenvalue weighted by Gasteiger charge is -2.12. The molecule has 0 atom stereocenters. The van der Waals surface area contributed by atoms with Gasteiger partial charge >= 0.3 is 12.8 Å². The second-order valence-corrected chi connectivity index (χ2v) is 3.52. The van der Waals surface area contributed by atoms with Gasteiger partial charge in [-0.2, -0.15) is 22.0 Å². The lowest BCUT2D eigenvalue weighted by molar-refractivity contribution is -0.134. The van der Waals surface area contributed by atoms with E-state index in [0.717, 1.165) is 0 Å². The van der Waals surface area contributed by atoms with E-state index in [4.69, 9.17) is 0 Å². The molecule has 0 amide bonds. The van der Waals surface area contributed by atoms with Gasteiger partial charge in [0.15, 0.2) is 0 Å². The summed E-state index contributed by atoms with van der Waals surface area (Å²) in [5.74, 6) is -0.0838. The molecule has 0 unspecified atom stereocenters. The highest BCUT2D eigenvalue weighted by Crippen LogP contribution is 2.26. The van der Waals surface area contributed by atoms with Crippen molar-refractivity contribution in [2.45, 2.75) is 25.6 Å². The lowest BCUT2D eigenvalue weighted by atomic mass is 10.2. The largest absolute Gasteiger partial charge is 0.433 e. The van der Waals surface area contributed by atoms with Gasteiger partial charge in [-0.25, -0.2) is 0 Å². The van der Waals surface area contributed by atoms with E-state index in [1.165, 1.54) is 18.2 Å². The quantitative estimate of drug-likeness (QED) is 0.621. The molecule has 0 saturated carbocycles. The number of benzene rings is 1. The van der Waals surface area contributed by atoms with E-state index in [0.29, 0.717) is 0 Å². The van der Waals surface area contributed by atoms with Gasteiger partial charge in [-0.05, 0) is 18.6 Å². The highest BCUT2D eigenvalue weighted by atomic mass is 19.4. The predicted molar refractivity (Wildman–Crippen MR) is 56.9 cm³/mol. The Morgan fingerprint density at radius 2 is 1.83 bits per heavy atom. The summed E-state index contributed by atoms with van der Waals surface area (Å²) >= 11 is 0. The zero-order valence-electron chi connectivity index (χ0n) is 9.31. The van der Waals surface area contributed by atoms with Gasteiger partial charge in [-0.3, -0.25) is 0 Å². The summed E-state index contributed by atoms with van der Waals surface area (Å²) < 4.78 is 64.0. The first-order valence-electron chi connectivity index (χ1n) is 5.23. The van der Waals surface area contributed by atoms with E-state index in [2.05, 4.69) is 10.1 Å². The van der Waals surface area contributed by atoms with Crippen LogP contribution < -0.4 is 10.1 Å². The number of rotatable bonds is 6. The Balaban J connectivity index is 2.46. The van der Waals surface area contributed by atoms with E-state index >= 15 is 0 Å². The fraction of sp³-hybridized carbons (Fsp3) is 0.455. The molecule has 0 aliphatic heterocycles. The number of nitrogens with one attached hydrogen (secondary N) is 1. The average molecular weight is 269 g/mol. The molecule has 0 saturated heterocycles. The summed E-state index contributed by atoms with van der Waals surface area (Å²) in [6.07, 6.45) is -5.26. The first-order valence-corrected chi connectivity index (χ1v) is 5.23. The maximum atomic E-state index is 12.0. The zero-order chi connectivity index (χ0) is 13.6. The van der Waals surface area contributed by atoms with Gasteiger partial charge < -0.3 is 10.1 Å². The Hall–Kier alpha value is -1.53. The maximum absolute atomic E-state index is 12.0. The second kappa shape index (κ2) is 6.42. The van der Waals surface area contributed by atoms with Crippen LogP contribution in [-0.4, -0.2) is 19.3 Å². The van der Waals surface area contributed by atoms with Crippen molar-refractivity contribution >= 4 is 5.69 Å². The third kappa shape index (κ3) is 5.70. The molecule has 0 aliphatic rings. The Labute approximate surface area is 101 Å². The number of ether oxygens (including phenoxy) is 1. The topological polar surface area (TPSA) is 21.3 Å². The smallest absolute Gasteiger partial charge is 0.389 e. The molecule has 2 nitrogen and oxygen atoms in total. The molecule has 102 valence electrons. The molecule has 0 radical (unpaired) electrons. The normalized spacial score (nSPS) is 11.7. The van der Waals surface area contributed by atoms with Crippen LogP contribution in [0.1, 0.15) is 12.8 Å². The minimum absolute atomic E-state index is 0.0309. The summed E-state index contributed by atoms with van der Waals surface area (Å²) in [7, 11) is 0. The van der Waals surface area contributed by atoms with Gasteiger partial charge in [0.25, 0.3) is 0 Å². The number of hydrogen-bond acceptors (Lipinski definition) is 2. The molecule has 1 N–H and O–H groups in total. The zero-order valence-corrected chi connectivity index (χ0v) is 9.31. The molecular formula is C11H12F5NO. The van der Waals surface area contributed by atoms with Crippen molar-refractivity contribution in [1.29, 1.82) is 0 Å². The van der Waals surface area contributed by atoms with Gasteiger partial charge in [-0.15, -0.1) is 0 Å². The monoisotopic (exact) mass is 269 g/mol. The molecular weight excluding hydrogens is 257 g/mol. The van der Waals surface area contributed by atoms with Crippen LogP contribution in [-0.2, 0) is 0 Å². The summed E-state index contributed by atoms with van der Waals surface area (Å²) in [6.45, 7) is -2.94. The Bertz CT molecular complexity index is 367. The van der Waals surface area contributed by atoms with Crippen LogP contribution in [0.2, 0.25) is 0 Å². The number of hydrogen-bond donors (Lipinski definition) is 1. The Morgan fingerprint density at radius 1 is 1.17 bits per heavy atom. The van der Waals surface area contributed by atoms with E-state index in [1.807, 2.05) is 0 Å². The van der Waals surface area contributed by atoms with Crippen LogP contribution in [0.25, 0.3) is 0 Å². The highest BCUT2D eigenvalue weighted by molar-refractivity contribution is 5.56. The Kier molecular flexibility index (Phi) is 5.18. The molecule has 1 aromatic carbocycles. The molecule has 18 heavy (non-hydrogen) atoms. The van der Waals surface area contributed by atoms with E-state index < -0.39 is 19.2 Å². The summed E-state index contributed by atoms with van der Waals surface area (Å²) in [4.78, 5) is 0. The molecule has 1 aromatic rings. The van der Waals surface area contributed by atoms with Crippen molar-refractivity contribution in [1.82, 2.24) is 0 Å². The first-order chi connectivity index (χ1) is 8.38. The van der Waals surface area contributed by atoms with E-state index in [-0.39, 0.29) is 24.4 Å². The van der Waals surface area contributed by atoms with Crippen molar-refractivity contribution < 1.29 is 26.7 Å². The van der Waals surface area contributed by atoms with Gasteiger partial charge in [-0.1, -0.05) is 12.1 Å². The van der Waals surface area contributed by atoms with Crippen molar-refractivity contribution in [2.24, 2.45) is 0 Å². The fourth-order valence-electron chi connectivity index (χ4n) is 1.32. The fourth-order valence-corrected chi connectivity index (χ4v) is 1.32. The molecule has 7 heteroatoms. The SMILES string of the molecule is FC(F)Oc1ccccc1NCCCC(F)(F)F. The number of halogens is 5. The predicted octanol–water partition coefficient (Wildman–Crippen LogP) is 4.04. The first kappa shape index (κ1) is 14.5. The highest BCUT2D eigenvalue weighted by Gasteiger charge is 2.25. The van der Waals surface area contributed by atoms with Crippen molar-refractivity contribution in [3.8, 4) is 5.75 Å². The minimum Gasteiger partial charge on any atom is -0.433 e. The lowest BCUT2D eigenvalue weighted by Crippen LogP contribution is -2.12. The van der Waals surface area contributed by atoms with Gasteiger partial charge in [0.2, 0.25) is 0 Å². The molecule has 0 bridgehead atoms. The van der Waals surface area contributed by atoms with E-state index in [9.17, 15) is 22.0 Å². The van der Waals surface area contributed by atoms with Crippen molar-refractivity contribution in [3.05, 3.63) is 24.3 Å². The van der Waals surface area contributed by atoms with Gasteiger partial charge in [0, 0.05) is 13.0 Å². The van der Waals surface area contributed by atoms with Crippen LogP contribution >= 0.6 is 0 Å². The summed E-state index contributed by atoms with van der Waals surface area (Å²) in [6, 6.07) is 5.85. The van der Waals surface area contributed by atoms with Crippen molar-refractivity contribution in [3.63, 3.8) is 0 Å². The summed E-state index contributed by atoms with van der Waals surface area (Å²) in [5, 5.41) is 2.63. The van der Waals surface area contributed by atoms with Crippen LogP contribution in [0.5, 0.6) is 5.75 Å². The van der Waals surface area contributed by atoms with Crippen molar-refractivity contribution in [2.75, 3.05) is 11.9 Å². The summed E-state index contributed by atoms with van der Waals surface area (Å²) in [5.41, 5.74) is 0.250. The Morgan fingerprint density at radius 3 is 2.44 bits per heavy atom. The van der Waals surface area contributed by atoms with Gasteiger partial charge in [0.1, 0.15) is 5.75 Å². The molecule has 0 fully saturated rings. The molecule has 0 heterocycles. The van der Waals surface area contributed by atoms with Crippen LogP contribution in [0, 0.1) is 0 Å². The molecule has 1 rings (SSSR count). The van der Waals surface area contributed by atoms with Crippen LogP contribution in [0.15, 0.2) is 24.3 Å². The van der Waals surface area contributed by atoms with E-state index in [1.54, 1.807) is 6.07 Å². The standard InChI is InChI=1S/C11H12F5NO/c12-10(13)18-9-5-2-1-4-8(9)17-7-3-6-11(14,15)16/h1-2,4-5,10,17H,3,6-7H2. The number of alkyl halides is 5.